The van der Waals surface area contributed by atoms with E-state index in [1.54, 1.807) is 18.0 Å². The van der Waals surface area contributed by atoms with Gasteiger partial charge in [-0.2, -0.15) is 18.4 Å². The molecule has 0 N–H and O–H groups in total. The van der Waals surface area contributed by atoms with Crippen molar-refractivity contribution >= 4 is 17.3 Å². The van der Waals surface area contributed by atoms with E-state index in [1.165, 1.54) is 6.07 Å². The molecule has 0 atom stereocenters. The second-order valence-corrected chi connectivity index (χ2v) is 4.07. The van der Waals surface area contributed by atoms with Crippen molar-refractivity contribution < 1.29 is 13.2 Å². The molecule has 0 spiro atoms. The van der Waals surface area contributed by atoms with Crippen LogP contribution in [0, 0.1) is 11.3 Å². The highest BCUT2D eigenvalue weighted by Crippen LogP contribution is 2.35. The zero-order chi connectivity index (χ0) is 13.8. The molecule has 1 rings (SSSR count). The van der Waals surface area contributed by atoms with Gasteiger partial charge in [0.2, 0.25) is 0 Å². The van der Waals surface area contributed by atoms with Crippen LogP contribution < -0.4 is 4.90 Å². The maximum atomic E-state index is 12.8. The van der Waals surface area contributed by atoms with Crippen LogP contribution in [0.3, 0.4) is 0 Å². The van der Waals surface area contributed by atoms with E-state index in [9.17, 15) is 13.2 Å². The van der Waals surface area contributed by atoms with Gasteiger partial charge in [-0.3, -0.25) is 0 Å². The molecule has 98 valence electrons. The highest BCUT2D eigenvalue weighted by atomic mass is 35.5. The summed E-state index contributed by atoms with van der Waals surface area (Å²) in [5, 5.41) is 8.45. The Morgan fingerprint density at radius 2 is 2.06 bits per heavy atom. The van der Waals surface area contributed by atoms with Gasteiger partial charge in [0.05, 0.1) is 18.1 Å². The van der Waals surface area contributed by atoms with E-state index in [0.29, 0.717) is 12.2 Å². The highest BCUT2D eigenvalue weighted by Gasteiger charge is 2.33. The molecular formula is C12H12ClF3N2. The van der Waals surface area contributed by atoms with E-state index in [4.69, 9.17) is 16.9 Å². The number of anilines is 1. The molecule has 0 fully saturated rings. The first-order valence-electron chi connectivity index (χ1n) is 5.24. The third-order valence-electron chi connectivity index (χ3n) is 2.54. The van der Waals surface area contributed by atoms with Crippen LogP contribution >= 0.6 is 11.6 Å². The summed E-state index contributed by atoms with van der Waals surface area (Å²) in [6, 6.07) is 5.96. The first kappa shape index (κ1) is 14.7. The third-order valence-corrected chi connectivity index (χ3v) is 2.83. The predicted molar refractivity (Wildman–Crippen MR) is 64.5 cm³/mol. The Balaban J connectivity index is 3.07. The number of hydrogen-bond donors (Lipinski definition) is 0. The Morgan fingerprint density at radius 1 is 1.39 bits per heavy atom. The summed E-state index contributed by atoms with van der Waals surface area (Å²) in [4.78, 5) is 1.61. The molecule has 0 radical (unpaired) electrons. The van der Waals surface area contributed by atoms with Crippen molar-refractivity contribution in [2.24, 2.45) is 0 Å². The van der Waals surface area contributed by atoms with E-state index in [0.717, 1.165) is 6.07 Å². The molecule has 0 aliphatic carbocycles. The van der Waals surface area contributed by atoms with Crippen LogP contribution in [0.1, 0.15) is 17.5 Å². The van der Waals surface area contributed by atoms with Gasteiger partial charge in [-0.1, -0.05) is 6.07 Å². The smallest absolute Gasteiger partial charge is 0.374 e. The standard InChI is InChI=1S/C12H12ClF3N2/c1-18(6-2-5-17)10-4-3-9(8-13)11(7-10)12(14,15)16/h3-4,7H,2,6,8H2,1H3. The molecule has 0 saturated carbocycles. The fraction of sp³-hybridized carbons (Fsp3) is 0.417. The SMILES string of the molecule is CN(CCC#N)c1ccc(CCl)c(C(F)(F)F)c1. The molecule has 1 aromatic rings. The van der Waals surface area contributed by atoms with Gasteiger partial charge in [0, 0.05) is 25.2 Å². The van der Waals surface area contributed by atoms with Gasteiger partial charge in [0.25, 0.3) is 0 Å². The molecule has 18 heavy (non-hydrogen) atoms. The summed E-state index contributed by atoms with van der Waals surface area (Å²) < 4.78 is 38.4. The normalized spacial score (nSPS) is 11.1. The number of rotatable bonds is 4. The Bertz CT molecular complexity index is 452. The summed E-state index contributed by atoms with van der Waals surface area (Å²) in [6.07, 6.45) is -4.16. The molecule has 1 aromatic carbocycles. The minimum atomic E-state index is -4.42. The first-order valence-corrected chi connectivity index (χ1v) is 5.77. The van der Waals surface area contributed by atoms with E-state index >= 15 is 0 Å². The lowest BCUT2D eigenvalue weighted by Crippen LogP contribution is -2.19. The van der Waals surface area contributed by atoms with Gasteiger partial charge in [0.15, 0.2) is 0 Å². The molecule has 0 saturated heterocycles. The van der Waals surface area contributed by atoms with Crippen LogP contribution in [0.5, 0.6) is 0 Å². The number of halogens is 4. The Morgan fingerprint density at radius 3 is 2.56 bits per heavy atom. The minimum absolute atomic E-state index is 0.0570. The maximum Gasteiger partial charge on any atom is 0.416 e. The Labute approximate surface area is 109 Å². The van der Waals surface area contributed by atoms with Crippen molar-refractivity contribution in [3.05, 3.63) is 29.3 Å². The van der Waals surface area contributed by atoms with E-state index < -0.39 is 11.7 Å². The monoisotopic (exact) mass is 276 g/mol. The second-order valence-electron chi connectivity index (χ2n) is 3.80. The summed E-state index contributed by atoms with van der Waals surface area (Å²) in [5.41, 5.74) is -0.244. The average molecular weight is 277 g/mol. The largest absolute Gasteiger partial charge is 0.416 e. The lowest BCUT2D eigenvalue weighted by atomic mass is 10.1. The van der Waals surface area contributed by atoms with E-state index in [2.05, 4.69) is 0 Å². The van der Waals surface area contributed by atoms with Crippen LogP contribution in [0.15, 0.2) is 18.2 Å². The molecule has 6 heteroatoms. The van der Waals surface area contributed by atoms with E-state index in [-0.39, 0.29) is 17.9 Å². The molecular weight excluding hydrogens is 265 g/mol. The van der Waals surface area contributed by atoms with Gasteiger partial charge < -0.3 is 4.90 Å². The second kappa shape index (κ2) is 5.96. The summed E-state index contributed by atoms with van der Waals surface area (Å²) in [6.45, 7) is 0.383. The van der Waals surface area contributed by atoms with Gasteiger partial charge in [-0.15, -0.1) is 11.6 Å². The molecule has 2 nitrogen and oxygen atoms in total. The molecule has 0 heterocycles. The Kier molecular flexibility index (Phi) is 4.85. The number of benzene rings is 1. The van der Waals surface area contributed by atoms with Crippen LogP contribution in [0.4, 0.5) is 18.9 Å². The van der Waals surface area contributed by atoms with Crippen molar-refractivity contribution in [1.82, 2.24) is 0 Å². The number of nitrogens with zero attached hydrogens (tertiary/aromatic N) is 2. The zero-order valence-electron chi connectivity index (χ0n) is 9.76. The quantitative estimate of drug-likeness (QED) is 0.782. The van der Waals surface area contributed by atoms with Gasteiger partial charge in [-0.25, -0.2) is 0 Å². The van der Waals surface area contributed by atoms with Crippen molar-refractivity contribution in [1.29, 1.82) is 5.26 Å². The lowest BCUT2D eigenvalue weighted by Gasteiger charge is -2.20. The molecule has 0 bridgehead atoms. The van der Waals surface area contributed by atoms with Gasteiger partial charge in [0.1, 0.15) is 0 Å². The van der Waals surface area contributed by atoms with Gasteiger partial charge in [-0.05, 0) is 17.7 Å². The molecule has 0 aliphatic rings. The topological polar surface area (TPSA) is 27.0 Å². The number of nitriles is 1. The first-order chi connectivity index (χ1) is 8.40. The molecule has 0 aliphatic heterocycles. The zero-order valence-corrected chi connectivity index (χ0v) is 10.5. The Hall–Kier alpha value is -1.41. The fourth-order valence-corrected chi connectivity index (χ4v) is 1.76. The van der Waals surface area contributed by atoms with Crippen molar-refractivity contribution in [3.8, 4) is 6.07 Å². The van der Waals surface area contributed by atoms with Crippen molar-refractivity contribution in [2.75, 3.05) is 18.5 Å². The number of alkyl halides is 4. The summed E-state index contributed by atoms with van der Waals surface area (Å²) >= 11 is 5.50. The molecule has 0 unspecified atom stereocenters. The van der Waals surface area contributed by atoms with Gasteiger partial charge >= 0.3 is 6.18 Å². The van der Waals surface area contributed by atoms with Crippen LogP contribution in [0.2, 0.25) is 0 Å². The maximum absolute atomic E-state index is 12.8. The fourth-order valence-electron chi connectivity index (χ4n) is 1.53. The van der Waals surface area contributed by atoms with E-state index in [1.807, 2.05) is 6.07 Å². The average Bonchev–Trinajstić information content (AvgIpc) is 2.34. The highest BCUT2D eigenvalue weighted by molar-refractivity contribution is 6.17. The summed E-state index contributed by atoms with van der Waals surface area (Å²) in [5.74, 6) is -0.183. The molecule has 0 amide bonds. The van der Waals surface area contributed by atoms with Crippen LogP contribution in [-0.4, -0.2) is 13.6 Å². The van der Waals surface area contributed by atoms with Crippen LogP contribution in [0.25, 0.3) is 0 Å². The lowest BCUT2D eigenvalue weighted by molar-refractivity contribution is -0.138. The van der Waals surface area contributed by atoms with Crippen LogP contribution in [-0.2, 0) is 12.1 Å². The predicted octanol–water partition coefficient (Wildman–Crippen LogP) is 3.79. The minimum Gasteiger partial charge on any atom is -0.374 e. The summed E-state index contributed by atoms with van der Waals surface area (Å²) in [7, 11) is 1.65. The molecule has 0 aromatic heterocycles. The van der Waals surface area contributed by atoms with Crippen molar-refractivity contribution in [3.63, 3.8) is 0 Å². The number of hydrogen-bond acceptors (Lipinski definition) is 2. The third kappa shape index (κ3) is 3.54. The van der Waals surface area contributed by atoms with Crippen molar-refractivity contribution in [2.45, 2.75) is 18.5 Å².